The first-order valence-corrected chi connectivity index (χ1v) is 7.37. The van der Waals surface area contributed by atoms with E-state index in [9.17, 15) is 4.79 Å². The first kappa shape index (κ1) is 13.4. The van der Waals surface area contributed by atoms with Crippen LogP contribution in [0.15, 0.2) is 27.9 Å². The Bertz CT molecular complexity index is 583. The molecule has 2 aromatic rings. The highest BCUT2D eigenvalue weighted by atomic mass is 35.5. The third-order valence-corrected chi connectivity index (χ3v) is 4.79. The van der Waals surface area contributed by atoms with Gasteiger partial charge in [-0.1, -0.05) is 29.4 Å². The van der Waals surface area contributed by atoms with Gasteiger partial charge in [0.2, 0.25) is 0 Å². The molecule has 0 bridgehead atoms. The maximum Gasteiger partial charge on any atom is 0.335 e. The van der Waals surface area contributed by atoms with Gasteiger partial charge in [-0.2, -0.15) is 0 Å². The molecule has 0 radical (unpaired) electrons. The number of halogens is 1. The van der Waals surface area contributed by atoms with E-state index >= 15 is 0 Å². The third-order valence-electron chi connectivity index (χ3n) is 2.25. The van der Waals surface area contributed by atoms with Crippen LogP contribution in [-0.2, 0) is 5.75 Å². The Morgan fingerprint density at radius 1 is 1.56 bits per heavy atom. The molecule has 94 valence electrons. The lowest BCUT2D eigenvalue weighted by Crippen LogP contribution is -1.96. The van der Waals surface area contributed by atoms with Gasteiger partial charge in [-0.05, 0) is 24.6 Å². The molecule has 2 rings (SSSR count). The van der Waals surface area contributed by atoms with Gasteiger partial charge in [0.1, 0.15) is 4.34 Å². The number of hydrogen-bond donors (Lipinski definition) is 1. The maximum absolute atomic E-state index is 10.8. The highest BCUT2D eigenvalue weighted by molar-refractivity contribution is 8.00. The van der Waals surface area contributed by atoms with E-state index in [-0.39, 0.29) is 5.56 Å². The summed E-state index contributed by atoms with van der Waals surface area (Å²) in [7, 11) is 0. The van der Waals surface area contributed by atoms with Crippen LogP contribution in [0.3, 0.4) is 0 Å². The van der Waals surface area contributed by atoms with Crippen LogP contribution in [0, 0.1) is 6.92 Å². The second kappa shape index (κ2) is 5.73. The lowest BCUT2D eigenvalue weighted by atomic mass is 10.1. The van der Waals surface area contributed by atoms with Crippen molar-refractivity contribution in [3.05, 3.63) is 45.4 Å². The maximum atomic E-state index is 10.8. The summed E-state index contributed by atoms with van der Waals surface area (Å²) in [4.78, 5) is 15.1. The molecule has 0 unspecified atom stereocenters. The van der Waals surface area contributed by atoms with Gasteiger partial charge < -0.3 is 5.11 Å². The molecule has 3 nitrogen and oxygen atoms in total. The minimum absolute atomic E-state index is 0.207. The molecule has 0 spiro atoms. The number of rotatable bonds is 4. The summed E-state index contributed by atoms with van der Waals surface area (Å²) < 4.78 is 0.992. The average molecular weight is 300 g/mol. The standard InChI is InChI=1S/C12H10ClNO2S2/c1-7-5-17-12(14-7)18-6-9-3-2-8(11(15)16)4-10(9)13/h2-5H,6H2,1H3,(H,15,16). The number of aryl methyl sites for hydroxylation is 1. The van der Waals surface area contributed by atoms with E-state index < -0.39 is 5.97 Å². The van der Waals surface area contributed by atoms with Crippen LogP contribution in [0.2, 0.25) is 5.02 Å². The average Bonchev–Trinajstić information content (AvgIpc) is 2.73. The SMILES string of the molecule is Cc1csc(SCc2ccc(C(=O)O)cc2Cl)n1. The largest absolute Gasteiger partial charge is 0.478 e. The molecule has 0 saturated heterocycles. The molecule has 0 aliphatic rings. The van der Waals surface area contributed by atoms with E-state index in [1.54, 1.807) is 35.2 Å². The number of thiazole rings is 1. The van der Waals surface area contributed by atoms with E-state index in [0.29, 0.717) is 10.8 Å². The van der Waals surface area contributed by atoms with E-state index in [1.807, 2.05) is 12.3 Å². The summed E-state index contributed by atoms with van der Waals surface area (Å²) in [5.74, 6) is -0.280. The highest BCUT2D eigenvalue weighted by Gasteiger charge is 2.08. The Kier molecular flexibility index (Phi) is 4.27. The molecule has 0 fully saturated rings. The predicted molar refractivity (Wildman–Crippen MR) is 74.8 cm³/mol. The quantitative estimate of drug-likeness (QED) is 0.864. The molecule has 6 heteroatoms. The van der Waals surface area contributed by atoms with Crippen LogP contribution in [-0.4, -0.2) is 16.1 Å². The second-order valence-electron chi connectivity index (χ2n) is 3.65. The monoisotopic (exact) mass is 299 g/mol. The van der Waals surface area contributed by atoms with Gasteiger partial charge in [0.15, 0.2) is 0 Å². The van der Waals surface area contributed by atoms with Gasteiger partial charge in [-0.3, -0.25) is 0 Å². The van der Waals surface area contributed by atoms with Crippen LogP contribution < -0.4 is 0 Å². The minimum atomic E-state index is -0.966. The second-order valence-corrected chi connectivity index (χ2v) is 6.14. The van der Waals surface area contributed by atoms with Gasteiger partial charge in [0, 0.05) is 21.8 Å². The van der Waals surface area contributed by atoms with Crippen LogP contribution in [0.5, 0.6) is 0 Å². The summed E-state index contributed by atoms with van der Waals surface area (Å²) in [6, 6.07) is 4.79. The van der Waals surface area contributed by atoms with Crippen molar-refractivity contribution >= 4 is 40.7 Å². The number of aromatic carboxylic acids is 1. The molecule has 0 amide bonds. The van der Waals surface area contributed by atoms with Crippen molar-refractivity contribution in [2.24, 2.45) is 0 Å². The van der Waals surface area contributed by atoms with Crippen LogP contribution in [0.1, 0.15) is 21.6 Å². The Hall–Kier alpha value is -1.04. The molecule has 1 aromatic heterocycles. The van der Waals surface area contributed by atoms with Crippen molar-refractivity contribution in [1.29, 1.82) is 0 Å². The fraction of sp³-hybridized carbons (Fsp3) is 0.167. The van der Waals surface area contributed by atoms with E-state index in [4.69, 9.17) is 16.7 Å². The van der Waals surface area contributed by atoms with E-state index in [2.05, 4.69) is 4.98 Å². The van der Waals surface area contributed by atoms with Crippen LogP contribution >= 0.6 is 34.7 Å². The van der Waals surface area contributed by atoms with Gasteiger partial charge in [0.05, 0.1) is 5.56 Å². The third kappa shape index (κ3) is 3.25. The minimum Gasteiger partial charge on any atom is -0.478 e. The zero-order chi connectivity index (χ0) is 13.1. The number of nitrogens with zero attached hydrogens (tertiary/aromatic N) is 1. The molecule has 0 aliphatic carbocycles. The van der Waals surface area contributed by atoms with E-state index in [0.717, 1.165) is 15.6 Å². The van der Waals surface area contributed by atoms with Crippen LogP contribution in [0.4, 0.5) is 0 Å². The lowest BCUT2D eigenvalue weighted by Gasteiger charge is -2.03. The Morgan fingerprint density at radius 3 is 2.89 bits per heavy atom. The summed E-state index contributed by atoms with van der Waals surface area (Å²) in [5.41, 5.74) is 2.13. The smallest absolute Gasteiger partial charge is 0.335 e. The van der Waals surface area contributed by atoms with Gasteiger partial charge in [-0.25, -0.2) is 9.78 Å². The van der Waals surface area contributed by atoms with Gasteiger partial charge in [-0.15, -0.1) is 11.3 Å². The molecule has 0 aliphatic heterocycles. The number of carboxylic acids is 1. The van der Waals surface area contributed by atoms with Crippen molar-refractivity contribution in [3.63, 3.8) is 0 Å². The molecular weight excluding hydrogens is 290 g/mol. The molecule has 1 N–H and O–H groups in total. The fourth-order valence-electron chi connectivity index (χ4n) is 1.34. The zero-order valence-electron chi connectivity index (χ0n) is 9.51. The fourth-order valence-corrected chi connectivity index (χ4v) is 3.52. The van der Waals surface area contributed by atoms with Gasteiger partial charge in [0.25, 0.3) is 0 Å². The molecule has 0 atom stereocenters. The first-order chi connectivity index (χ1) is 8.56. The Balaban J connectivity index is 2.08. The molecule has 1 aromatic carbocycles. The molecule has 1 heterocycles. The van der Waals surface area contributed by atoms with E-state index in [1.165, 1.54) is 6.07 Å². The summed E-state index contributed by atoms with van der Waals surface area (Å²) in [5, 5.41) is 11.3. The van der Waals surface area contributed by atoms with Crippen molar-refractivity contribution in [1.82, 2.24) is 4.98 Å². The number of benzene rings is 1. The zero-order valence-corrected chi connectivity index (χ0v) is 11.9. The number of carboxylic acid groups (broad SMARTS) is 1. The van der Waals surface area contributed by atoms with Crippen LogP contribution in [0.25, 0.3) is 0 Å². The Morgan fingerprint density at radius 2 is 2.33 bits per heavy atom. The topological polar surface area (TPSA) is 50.2 Å². The number of hydrogen-bond acceptors (Lipinski definition) is 4. The Labute approximate surface area is 118 Å². The van der Waals surface area contributed by atoms with Crippen molar-refractivity contribution in [2.45, 2.75) is 17.0 Å². The highest BCUT2D eigenvalue weighted by Crippen LogP contribution is 2.29. The summed E-state index contributed by atoms with van der Waals surface area (Å²) in [6.07, 6.45) is 0. The summed E-state index contributed by atoms with van der Waals surface area (Å²) in [6.45, 7) is 1.95. The number of carbonyl (C=O) groups is 1. The summed E-state index contributed by atoms with van der Waals surface area (Å²) >= 11 is 9.25. The lowest BCUT2D eigenvalue weighted by molar-refractivity contribution is 0.0697. The molecule has 18 heavy (non-hydrogen) atoms. The van der Waals surface area contributed by atoms with Crippen molar-refractivity contribution in [3.8, 4) is 0 Å². The number of aromatic nitrogens is 1. The van der Waals surface area contributed by atoms with Gasteiger partial charge >= 0.3 is 5.97 Å². The predicted octanol–water partition coefficient (Wildman–Crippen LogP) is 4.10. The molecule has 0 saturated carbocycles. The first-order valence-electron chi connectivity index (χ1n) is 5.13. The van der Waals surface area contributed by atoms with Crippen molar-refractivity contribution < 1.29 is 9.90 Å². The van der Waals surface area contributed by atoms with Crippen molar-refractivity contribution in [2.75, 3.05) is 0 Å². The molecular formula is C12H10ClNO2S2. The normalized spacial score (nSPS) is 10.6. The number of thioether (sulfide) groups is 1.